The molecule has 0 unspecified atom stereocenters. The van der Waals surface area contributed by atoms with E-state index >= 15 is 0 Å². The Morgan fingerprint density at radius 1 is 1.09 bits per heavy atom. The maximum Gasteiger partial charge on any atom is 0.324 e. The molecule has 1 aromatic rings. The average Bonchev–Trinajstić information content (AvgIpc) is 3.26. The molecule has 2 aliphatic rings. The Labute approximate surface area is 129 Å². The van der Waals surface area contributed by atoms with Crippen LogP contribution in [-0.2, 0) is 19.1 Å². The third kappa shape index (κ3) is 3.14. The lowest BCUT2D eigenvalue weighted by Crippen LogP contribution is -2.49. The summed E-state index contributed by atoms with van der Waals surface area (Å²) in [5.41, 5.74) is 0.867. The van der Waals surface area contributed by atoms with Gasteiger partial charge in [-0.3, -0.25) is 9.59 Å². The zero-order chi connectivity index (χ0) is 15.7. The molecule has 0 bridgehead atoms. The first-order valence-electron chi connectivity index (χ1n) is 7.48. The fraction of sp³-hybridized carbons (Fsp3) is 0.444. The van der Waals surface area contributed by atoms with Crippen LogP contribution in [0.3, 0.4) is 0 Å². The third-order valence-corrected chi connectivity index (χ3v) is 3.85. The van der Waals surface area contributed by atoms with E-state index in [2.05, 4.69) is 11.8 Å². The molecular formula is C18H18O4. The highest BCUT2D eigenvalue weighted by molar-refractivity contribution is 5.97. The van der Waals surface area contributed by atoms with E-state index in [0.717, 1.165) is 18.4 Å². The minimum absolute atomic E-state index is 0.266. The second-order valence-electron chi connectivity index (χ2n) is 6.22. The molecule has 0 radical (unpaired) electrons. The van der Waals surface area contributed by atoms with Crippen LogP contribution in [0.5, 0.6) is 0 Å². The normalized spacial score (nSPS) is 22.1. The molecule has 0 amide bonds. The number of cyclic esters (lactones) is 2. The SMILES string of the molecule is CC1(C)OC(=O)C([C@H](C#Cc2ccccc2)C2CC2)C(=O)O1. The third-order valence-electron chi connectivity index (χ3n) is 3.85. The predicted molar refractivity (Wildman–Crippen MR) is 79.3 cm³/mol. The second-order valence-corrected chi connectivity index (χ2v) is 6.22. The first-order valence-corrected chi connectivity index (χ1v) is 7.48. The summed E-state index contributed by atoms with van der Waals surface area (Å²) in [5.74, 6) is 2.92. The van der Waals surface area contributed by atoms with Crippen LogP contribution in [0.25, 0.3) is 0 Å². The summed E-state index contributed by atoms with van der Waals surface area (Å²) in [6, 6.07) is 9.53. The summed E-state index contributed by atoms with van der Waals surface area (Å²) < 4.78 is 10.4. The smallest absolute Gasteiger partial charge is 0.324 e. The first-order chi connectivity index (χ1) is 10.5. The van der Waals surface area contributed by atoms with Crippen LogP contribution in [0.2, 0.25) is 0 Å². The zero-order valence-corrected chi connectivity index (χ0v) is 12.7. The van der Waals surface area contributed by atoms with E-state index in [1.807, 2.05) is 30.3 Å². The molecular weight excluding hydrogens is 280 g/mol. The lowest BCUT2D eigenvalue weighted by molar-refractivity contribution is -0.242. The van der Waals surface area contributed by atoms with Crippen molar-refractivity contribution in [2.24, 2.45) is 17.8 Å². The fourth-order valence-corrected chi connectivity index (χ4v) is 2.64. The molecule has 1 aromatic carbocycles. The van der Waals surface area contributed by atoms with Crippen LogP contribution in [0.4, 0.5) is 0 Å². The highest BCUT2D eigenvalue weighted by atomic mass is 16.7. The maximum atomic E-state index is 12.2. The van der Waals surface area contributed by atoms with Gasteiger partial charge in [0.05, 0.1) is 0 Å². The van der Waals surface area contributed by atoms with E-state index in [-0.39, 0.29) is 11.8 Å². The van der Waals surface area contributed by atoms with Gasteiger partial charge in [-0.2, -0.15) is 0 Å². The Kier molecular flexibility index (Phi) is 3.66. The summed E-state index contributed by atoms with van der Waals surface area (Å²) in [6.45, 7) is 3.11. The van der Waals surface area contributed by atoms with Gasteiger partial charge in [-0.25, -0.2) is 0 Å². The molecule has 0 N–H and O–H groups in total. The van der Waals surface area contributed by atoms with Crippen LogP contribution in [-0.4, -0.2) is 17.7 Å². The summed E-state index contributed by atoms with van der Waals surface area (Å²) in [7, 11) is 0. The molecule has 114 valence electrons. The van der Waals surface area contributed by atoms with Gasteiger partial charge in [-0.05, 0) is 30.9 Å². The van der Waals surface area contributed by atoms with Crippen molar-refractivity contribution in [2.45, 2.75) is 32.5 Å². The molecule has 1 saturated heterocycles. The van der Waals surface area contributed by atoms with Gasteiger partial charge in [-0.15, -0.1) is 0 Å². The van der Waals surface area contributed by atoms with E-state index in [0.29, 0.717) is 0 Å². The van der Waals surface area contributed by atoms with Crippen molar-refractivity contribution in [1.29, 1.82) is 0 Å². The van der Waals surface area contributed by atoms with Crippen molar-refractivity contribution in [3.63, 3.8) is 0 Å². The van der Waals surface area contributed by atoms with Crippen molar-refractivity contribution in [2.75, 3.05) is 0 Å². The Balaban J connectivity index is 1.85. The summed E-state index contributed by atoms with van der Waals surface area (Å²) >= 11 is 0. The van der Waals surface area contributed by atoms with Crippen molar-refractivity contribution >= 4 is 11.9 Å². The zero-order valence-electron chi connectivity index (χ0n) is 12.7. The number of hydrogen-bond acceptors (Lipinski definition) is 4. The molecule has 3 rings (SSSR count). The van der Waals surface area contributed by atoms with E-state index in [4.69, 9.17) is 9.47 Å². The summed E-state index contributed by atoms with van der Waals surface area (Å²) in [6.07, 6.45) is 1.96. The standard InChI is InChI=1S/C18H18O4/c1-18(2)21-16(19)15(17(20)22-18)14(13-9-10-13)11-8-12-6-4-3-5-7-12/h3-7,13-15H,9-10H2,1-2H3/t14-/m1/s1. The highest BCUT2D eigenvalue weighted by Gasteiger charge is 2.50. The fourth-order valence-electron chi connectivity index (χ4n) is 2.64. The number of carbonyl (C=O) groups excluding carboxylic acids is 2. The Morgan fingerprint density at radius 3 is 2.23 bits per heavy atom. The van der Waals surface area contributed by atoms with Crippen molar-refractivity contribution in [3.8, 4) is 11.8 Å². The van der Waals surface area contributed by atoms with Gasteiger partial charge in [-0.1, -0.05) is 30.0 Å². The van der Waals surface area contributed by atoms with Gasteiger partial charge in [0.15, 0.2) is 5.92 Å². The number of carbonyl (C=O) groups is 2. The largest absolute Gasteiger partial charge is 0.422 e. The Hall–Kier alpha value is -2.28. The first kappa shape index (κ1) is 14.6. The van der Waals surface area contributed by atoms with Crippen molar-refractivity contribution in [1.82, 2.24) is 0 Å². The molecule has 0 spiro atoms. The van der Waals surface area contributed by atoms with Crippen LogP contribution >= 0.6 is 0 Å². The molecule has 1 saturated carbocycles. The van der Waals surface area contributed by atoms with E-state index in [1.165, 1.54) is 0 Å². The van der Waals surface area contributed by atoms with Crippen molar-refractivity contribution < 1.29 is 19.1 Å². The summed E-state index contributed by atoms with van der Waals surface area (Å²) in [4.78, 5) is 24.4. The van der Waals surface area contributed by atoms with E-state index < -0.39 is 23.6 Å². The number of hydrogen-bond donors (Lipinski definition) is 0. The van der Waals surface area contributed by atoms with Gasteiger partial charge in [0.25, 0.3) is 5.79 Å². The molecule has 0 aromatic heterocycles. The molecule has 22 heavy (non-hydrogen) atoms. The molecule has 1 heterocycles. The van der Waals surface area contributed by atoms with Gasteiger partial charge < -0.3 is 9.47 Å². The average molecular weight is 298 g/mol. The quantitative estimate of drug-likeness (QED) is 0.478. The molecule has 2 fully saturated rings. The lowest BCUT2D eigenvalue weighted by Gasteiger charge is -2.34. The van der Waals surface area contributed by atoms with Crippen LogP contribution in [0.15, 0.2) is 30.3 Å². The number of benzene rings is 1. The number of ether oxygens (including phenoxy) is 2. The van der Waals surface area contributed by atoms with Crippen molar-refractivity contribution in [3.05, 3.63) is 35.9 Å². The van der Waals surface area contributed by atoms with Crippen LogP contribution < -0.4 is 0 Å². The van der Waals surface area contributed by atoms with Gasteiger partial charge >= 0.3 is 11.9 Å². The molecule has 1 aliphatic heterocycles. The van der Waals surface area contributed by atoms with Crippen LogP contribution in [0, 0.1) is 29.6 Å². The summed E-state index contributed by atoms with van der Waals surface area (Å²) in [5, 5.41) is 0. The number of esters is 2. The minimum atomic E-state index is -1.19. The topological polar surface area (TPSA) is 52.6 Å². The van der Waals surface area contributed by atoms with Gasteiger partial charge in [0.1, 0.15) is 0 Å². The van der Waals surface area contributed by atoms with E-state index in [9.17, 15) is 9.59 Å². The van der Waals surface area contributed by atoms with Crippen LogP contribution in [0.1, 0.15) is 32.3 Å². The van der Waals surface area contributed by atoms with Gasteiger partial charge in [0.2, 0.25) is 0 Å². The van der Waals surface area contributed by atoms with Gasteiger partial charge in [0, 0.05) is 25.3 Å². The number of rotatable bonds is 2. The Bertz CT molecular complexity index is 627. The second kappa shape index (κ2) is 5.49. The predicted octanol–water partition coefficient (Wildman–Crippen LogP) is 2.52. The molecule has 4 heteroatoms. The van der Waals surface area contributed by atoms with E-state index in [1.54, 1.807) is 13.8 Å². The maximum absolute atomic E-state index is 12.2. The minimum Gasteiger partial charge on any atom is -0.422 e. The molecule has 1 aliphatic carbocycles. The Morgan fingerprint density at radius 2 is 1.68 bits per heavy atom. The molecule has 4 nitrogen and oxygen atoms in total. The monoisotopic (exact) mass is 298 g/mol. The molecule has 1 atom stereocenters. The highest BCUT2D eigenvalue weighted by Crippen LogP contribution is 2.42. The lowest BCUT2D eigenvalue weighted by atomic mass is 9.87.